The van der Waals surface area contributed by atoms with E-state index in [2.05, 4.69) is 32.6 Å². The van der Waals surface area contributed by atoms with E-state index in [9.17, 15) is 4.79 Å². The summed E-state index contributed by atoms with van der Waals surface area (Å²) in [6.45, 7) is 18.4. The molecule has 0 aliphatic carbocycles. The summed E-state index contributed by atoms with van der Waals surface area (Å²) >= 11 is 0. The first-order valence-electron chi connectivity index (χ1n) is 15.4. The largest absolute Gasteiger partial charge is 0.494 e. The number of anilines is 1. The summed E-state index contributed by atoms with van der Waals surface area (Å²) in [5.74, 6) is 0.224. The van der Waals surface area contributed by atoms with Crippen LogP contribution in [0.4, 0.5) is 10.1 Å². The van der Waals surface area contributed by atoms with Gasteiger partial charge in [0.15, 0.2) is 23.1 Å². The van der Waals surface area contributed by atoms with E-state index in [-0.39, 0.29) is 47.6 Å². The van der Waals surface area contributed by atoms with Crippen molar-refractivity contribution in [1.82, 2.24) is 4.90 Å². The number of carbonyl (C=O) groups excluding carboxylic acids is 1. The Morgan fingerprint density at radius 2 is 1.81 bits per heavy atom. The van der Waals surface area contributed by atoms with E-state index in [1.807, 2.05) is 32.9 Å². The van der Waals surface area contributed by atoms with Gasteiger partial charge in [-0.2, -0.15) is 0 Å². The van der Waals surface area contributed by atoms with E-state index >= 15 is 4.39 Å². The number of rotatable bonds is 11. The fourth-order valence-electron chi connectivity index (χ4n) is 6.15. The van der Waals surface area contributed by atoms with Crippen LogP contribution in [0.3, 0.4) is 0 Å². The van der Waals surface area contributed by atoms with Gasteiger partial charge in [0.05, 0.1) is 56.4 Å². The number of benzene rings is 2. The number of Topliss-reactive ketones (excluding diaryl/α,β-unsaturated/α-hetero) is 1. The highest BCUT2D eigenvalue weighted by molar-refractivity contribution is 6.07. The van der Waals surface area contributed by atoms with E-state index in [0.29, 0.717) is 43.2 Å². The van der Waals surface area contributed by atoms with Gasteiger partial charge >= 0.3 is 0 Å². The molecular weight excluding hydrogens is 549 g/mol. The molecule has 1 atom stereocenters. The lowest BCUT2D eigenvalue weighted by molar-refractivity contribution is 0.0347. The number of ketones is 1. The van der Waals surface area contributed by atoms with Crippen molar-refractivity contribution in [3.05, 3.63) is 46.3 Å². The predicted molar refractivity (Wildman–Crippen MR) is 168 cm³/mol. The van der Waals surface area contributed by atoms with Gasteiger partial charge in [-0.25, -0.2) is 4.39 Å². The minimum absolute atomic E-state index is 0.00155. The summed E-state index contributed by atoms with van der Waals surface area (Å²) < 4.78 is 39.2. The van der Waals surface area contributed by atoms with Crippen molar-refractivity contribution in [1.29, 1.82) is 5.41 Å². The van der Waals surface area contributed by atoms with Gasteiger partial charge in [0.2, 0.25) is 0 Å². The number of morpholine rings is 1. The van der Waals surface area contributed by atoms with Crippen molar-refractivity contribution in [2.24, 2.45) is 0 Å². The summed E-state index contributed by atoms with van der Waals surface area (Å²) in [6, 6.07) is 5.57. The molecule has 0 aromatic heterocycles. The molecule has 0 radical (unpaired) electrons. The maximum atomic E-state index is 15.9. The van der Waals surface area contributed by atoms with Crippen LogP contribution >= 0.6 is 0 Å². The van der Waals surface area contributed by atoms with Crippen molar-refractivity contribution in [2.75, 3.05) is 51.5 Å². The van der Waals surface area contributed by atoms with Gasteiger partial charge in [-0.3, -0.25) is 10.2 Å². The molecule has 43 heavy (non-hydrogen) atoms. The number of halogens is 1. The lowest BCUT2D eigenvalue weighted by atomic mass is 9.84. The molecule has 2 aromatic rings. The molecule has 2 heterocycles. The van der Waals surface area contributed by atoms with Crippen LogP contribution in [-0.2, 0) is 15.7 Å². The number of hydrogen-bond donors (Lipinski definition) is 1. The number of methoxy groups -OCH3 is 1. The van der Waals surface area contributed by atoms with Crippen molar-refractivity contribution >= 4 is 17.3 Å². The molecule has 0 spiro atoms. The van der Waals surface area contributed by atoms with Gasteiger partial charge in [-0.1, -0.05) is 34.1 Å². The van der Waals surface area contributed by atoms with Gasteiger partial charge in [0.1, 0.15) is 11.6 Å². The minimum atomic E-state index is -0.834. The maximum absolute atomic E-state index is 15.9. The normalized spacial score (nSPS) is 18.1. The summed E-state index contributed by atoms with van der Waals surface area (Å²) in [5, 5.41) is 9.01. The van der Waals surface area contributed by atoms with Crippen LogP contribution in [0.2, 0.25) is 0 Å². The highest BCUT2D eigenvalue weighted by atomic mass is 19.1. The van der Waals surface area contributed by atoms with E-state index in [1.165, 1.54) is 0 Å². The standard InChI is InChI=1S/C34H48FN3O5/c1-10-13-22-19-37(14-15-43-22)25-17-21(16-24(30(25)40-9)33(4,5)6)26(39)20-38-32(36)28-23(34(38,7)8)18-27(41-11-2)31(29(28)35)42-12-3/h16-18,22,36H,10-15,19-20H2,1-9H3/t22-/m1/s1. The average Bonchev–Trinajstić information content (AvgIpc) is 3.14. The molecule has 236 valence electrons. The second-order valence-corrected chi connectivity index (χ2v) is 12.8. The zero-order valence-electron chi connectivity index (χ0n) is 27.3. The Kier molecular flexibility index (Phi) is 9.64. The van der Waals surface area contributed by atoms with E-state index < -0.39 is 11.4 Å². The summed E-state index contributed by atoms with van der Waals surface area (Å²) in [7, 11) is 1.67. The van der Waals surface area contributed by atoms with Gasteiger partial charge in [0.25, 0.3) is 0 Å². The summed E-state index contributed by atoms with van der Waals surface area (Å²) in [6.07, 6.45) is 2.10. The number of ether oxygens (including phenoxy) is 4. The molecule has 0 saturated carbocycles. The highest BCUT2D eigenvalue weighted by Crippen LogP contribution is 2.47. The molecule has 1 saturated heterocycles. The zero-order chi connectivity index (χ0) is 31.7. The van der Waals surface area contributed by atoms with Gasteiger partial charge in [-0.15, -0.1) is 0 Å². The first kappa shape index (κ1) is 32.6. The highest BCUT2D eigenvalue weighted by Gasteiger charge is 2.45. The number of carbonyl (C=O) groups is 1. The summed E-state index contributed by atoms with van der Waals surface area (Å²) in [4.78, 5) is 18.0. The first-order valence-corrected chi connectivity index (χ1v) is 15.4. The number of hydrogen-bond acceptors (Lipinski definition) is 7. The fourth-order valence-corrected chi connectivity index (χ4v) is 6.15. The molecule has 1 fully saturated rings. The Morgan fingerprint density at radius 3 is 2.42 bits per heavy atom. The molecule has 1 N–H and O–H groups in total. The van der Waals surface area contributed by atoms with Crippen LogP contribution in [0.1, 0.15) is 95.3 Å². The van der Waals surface area contributed by atoms with Crippen LogP contribution in [0, 0.1) is 11.2 Å². The van der Waals surface area contributed by atoms with Crippen molar-refractivity contribution in [3.63, 3.8) is 0 Å². The van der Waals surface area contributed by atoms with Gasteiger partial charge in [-0.05, 0) is 63.3 Å². The molecular formula is C34H48FN3O5. The Labute approximate surface area is 255 Å². The van der Waals surface area contributed by atoms with Crippen LogP contribution in [-0.4, -0.2) is 69.2 Å². The Morgan fingerprint density at radius 1 is 1.12 bits per heavy atom. The first-order chi connectivity index (χ1) is 20.3. The third-order valence-corrected chi connectivity index (χ3v) is 8.41. The monoisotopic (exact) mass is 597 g/mol. The number of nitrogens with one attached hydrogen (secondary N) is 1. The van der Waals surface area contributed by atoms with Crippen molar-refractivity contribution in [3.8, 4) is 17.2 Å². The summed E-state index contributed by atoms with van der Waals surface area (Å²) in [5.41, 5.74) is 1.94. The Balaban J connectivity index is 1.74. The topological polar surface area (TPSA) is 84.3 Å². The smallest absolute Gasteiger partial charge is 0.197 e. The molecule has 2 aliphatic heterocycles. The van der Waals surface area contributed by atoms with Gasteiger partial charge < -0.3 is 28.7 Å². The van der Waals surface area contributed by atoms with Crippen LogP contribution in [0.25, 0.3) is 0 Å². The van der Waals surface area contributed by atoms with Crippen LogP contribution < -0.4 is 19.1 Å². The van der Waals surface area contributed by atoms with Gasteiger partial charge in [0, 0.05) is 24.2 Å². The number of nitrogens with zero attached hydrogens (tertiary/aromatic N) is 2. The SMILES string of the molecule is CCC[C@@H]1CN(c2cc(C(=O)CN3C(=N)c4c(cc(OCC)c(OCC)c4F)C3(C)C)cc(C(C)(C)C)c2OC)CCO1. The van der Waals surface area contributed by atoms with E-state index in [4.69, 9.17) is 24.4 Å². The predicted octanol–water partition coefficient (Wildman–Crippen LogP) is 6.69. The maximum Gasteiger partial charge on any atom is 0.197 e. The molecule has 0 unspecified atom stereocenters. The third kappa shape index (κ3) is 6.19. The Hall–Kier alpha value is -3.33. The molecule has 2 aromatic carbocycles. The quantitative estimate of drug-likeness (QED) is 0.289. The zero-order valence-corrected chi connectivity index (χ0v) is 27.3. The van der Waals surface area contributed by atoms with Crippen LogP contribution in [0.5, 0.6) is 17.2 Å². The second-order valence-electron chi connectivity index (χ2n) is 12.8. The molecule has 8 nitrogen and oxygen atoms in total. The molecule has 2 aliphatic rings. The fraction of sp³-hybridized carbons (Fsp3) is 0.588. The van der Waals surface area contributed by atoms with E-state index in [0.717, 1.165) is 29.8 Å². The molecule has 0 bridgehead atoms. The van der Waals surface area contributed by atoms with E-state index in [1.54, 1.807) is 25.0 Å². The average molecular weight is 598 g/mol. The third-order valence-electron chi connectivity index (χ3n) is 8.41. The van der Waals surface area contributed by atoms with Crippen molar-refractivity contribution < 1.29 is 28.1 Å². The second kappa shape index (κ2) is 12.7. The molecule has 0 amide bonds. The number of amidine groups is 1. The lowest BCUT2D eigenvalue weighted by Crippen LogP contribution is -2.43. The lowest BCUT2D eigenvalue weighted by Gasteiger charge is -2.37. The Bertz CT molecular complexity index is 1370. The minimum Gasteiger partial charge on any atom is -0.494 e. The molecule has 9 heteroatoms. The van der Waals surface area contributed by atoms with Crippen LogP contribution in [0.15, 0.2) is 18.2 Å². The molecule has 4 rings (SSSR count). The van der Waals surface area contributed by atoms with Crippen molar-refractivity contribution in [2.45, 2.75) is 85.3 Å². The number of fused-ring (bicyclic) bond motifs is 1.